The standard InChI is InChI=1S/C10H20O.C3H8O2/c1-8(2)9(3)11-10-6-4-5-7-10;1-3(5)2-4/h8-10H,4-7H2,1-3H3;3-5H,2H2,1H3. The van der Waals surface area contributed by atoms with Gasteiger partial charge in [0.25, 0.3) is 0 Å². The Labute approximate surface area is 99.8 Å². The van der Waals surface area contributed by atoms with Crippen LogP contribution in [-0.4, -0.2) is 35.1 Å². The molecular formula is C13H28O3. The van der Waals surface area contributed by atoms with Gasteiger partial charge in [0.05, 0.1) is 24.9 Å². The lowest BCUT2D eigenvalue weighted by Crippen LogP contribution is -2.21. The molecule has 0 radical (unpaired) electrons. The van der Waals surface area contributed by atoms with Gasteiger partial charge in [0.2, 0.25) is 0 Å². The van der Waals surface area contributed by atoms with Gasteiger partial charge in [-0.3, -0.25) is 0 Å². The van der Waals surface area contributed by atoms with Crippen molar-refractivity contribution in [3.05, 3.63) is 0 Å². The molecule has 0 aromatic carbocycles. The maximum Gasteiger partial charge on any atom is 0.0742 e. The molecule has 3 heteroatoms. The molecule has 1 aliphatic carbocycles. The number of hydrogen-bond donors (Lipinski definition) is 2. The van der Waals surface area contributed by atoms with Crippen molar-refractivity contribution >= 4 is 0 Å². The van der Waals surface area contributed by atoms with Gasteiger partial charge in [-0.2, -0.15) is 0 Å². The summed E-state index contributed by atoms with van der Waals surface area (Å²) in [7, 11) is 0. The van der Waals surface area contributed by atoms with Crippen molar-refractivity contribution in [1.82, 2.24) is 0 Å². The minimum Gasteiger partial charge on any atom is -0.394 e. The molecule has 1 fully saturated rings. The van der Waals surface area contributed by atoms with Gasteiger partial charge in [-0.1, -0.05) is 26.7 Å². The van der Waals surface area contributed by atoms with Crippen LogP contribution >= 0.6 is 0 Å². The highest BCUT2D eigenvalue weighted by atomic mass is 16.5. The molecule has 0 bridgehead atoms. The Balaban J connectivity index is 0.000000385. The van der Waals surface area contributed by atoms with E-state index in [1.807, 2.05) is 0 Å². The summed E-state index contributed by atoms with van der Waals surface area (Å²) in [5.41, 5.74) is 0. The summed E-state index contributed by atoms with van der Waals surface area (Å²) < 4.78 is 5.87. The number of rotatable bonds is 4. The van der Waals surface area contributed by atoms with Crippen LogP contribution < -0.4 is 0 Å². The second-order valence-electron chi connectivity index (χ2n) is 5.02. The van der Waals surface area contributed by atoms with Crippen molar-refractivity contribution in [3.8, 4) is 0 Å². The zero-order valence-electron chi connectivity index (χ0n) is 11.1. The van der Waals surface area contributed by atoms with Crippen LogP contribution in [0.4, 0.5) is 0 Å². The van der Waals surface area contributed by atoms with E-state index in [9.17, 15) is 0 Å². The summed E-state index contributed by atoms with van der Waals surface area (Å²) in [5, 5.41) is 16.0. The molecule has 0 heterocycles. The summed E-state index contributed by atoms with van der Waals surface area (Å²) in [6.07, 6.45) is 5.78. The molecule has 16 heavy (non-hydrogen) atoms. The smallest absolute Gasteiger partial charge is 0.0742 e. The van der Waals surface area contributed by atoms with Crippen LogP contribution in [0.15, 0.2) is 0 Å². The summed E-state index contributed by atoms with van der Waals surface area (Å²) in [4.78, 5) is 0. The van der Waals surface area contributed by atoms with Crippen LogP contribution in [0.5, 0.6) is 0 Å². The van der Waals surface area contributed by atoms with Gasteiger partial charge >= 0.3 is 0 Å². The predicted octanol–water partition coefficient (Wildman–Crippen LogP) is 2.35. The molecule has 2 unspecified atom stereocenters. The molecule has 0 aromatic rings. The minimum absolute atomic E-state index is 0.139. The fourth-order valence-corrected chi connectivity index (χ4v) is 1.49. The van der Waals surface area contributed by atoms with E-state index < -0.39 is 6.10 Å². The van der Waals surface area contributed by atoms with E-state index in [0.29, 0.717) is 18.1 Å². The monoisotopic (exact) mass is 232 g/mol. The van der Waals surface area contributed by atoms with Gasteiger partial charge in [0, 0.05) is 0 Å². The zero-order valence-corrected chi connectivity index (χ0v) is 11.1. The molecule has 1 saturated carbocycles. The van der Waals surface area contributed by atoms with Crippen LogP contribution in [0.2, 0.25) is 0 Å². The summed E-state index contributed by atoms with van der Waals surface area (Å²) in [6.45, 7) is 8.02. The second kappa shape index (κ2) is 8.97. The lowest BCUT2D eigenvalue weighted by molar-refractivity contribution is -0.0210. The Kier molecular flexibility index (Phi) is 8.90. The van der Waals surface area contributed by atoms with Crippen LogP contribution in [-0.2, 0) is 4.74 Å². The van der Waals surface area contributed by atoms with E-state index in [2.05, 4.69) is 20.8 Å². The van der Waals surface area contributed by atoms with Crippen molar-refractivity contribution in [1.29, 1.82) is 0 Å². The quantitative estimate of drug-likeness (QED) is 0.782. The molecule has 1 rings (SSSR count). The summed E-state index contributed by atoms with van der Waals surface area (Å²) in [5.74, 6) is 0.663. The van der Waals surface area contributed by atoms with E-state index >= 15 is 0 Å². The second-order valence-corrected chi connectivity index (χ2v) is 5.02. The average Bonchev–Trinajstić information content (AvgIpc) is 2.71. The van der Waals surface area contributed by atoms with E-state index in [0.717, 1.165) is 0 Å². The van der Waals surface area contributed by atoms with Crippen molar-refractivity contribution in [2.45, 2.75) is 71.7 Å². The molecular weight excluding hydrogens is 204 g/mol. The van der Waals surface area contributed by atoms with Crippen LogP contribution in [0.3, 0.4) is 0 Å². The lowest BCUT2D eigenvalue weighted by Gasteiger charge is -2.21. The fraction of sp³-hybridized carbons (Fsp3) is 1.00. The van der Waals surface area contributed by atoms with Crippen molar-refractivity contribution < 1.29 is 14.9 Å². The van der Waals surface area contributed by atoms with Crippen molar-refractivity contribution in [2.24, 2.45) is 5.92 Å². The van der Waals surface area contributed by atoms with Gasteiger partial charge in [0.1, 0.15) is 0 Å². The molecule has 98 valence electrons. The molecule has 0 aromatic heterocycles. The highest BCUT2D eigenvalue weighted by Crippen LogP contribution is 2.23. The number of hydrogen-bond acceptors (Lipinski definition) is 3. The predicted molar refractivity (Wildman–Crippen MR) is 66.4 cm³/mol. The molecule has 1 aliphatic rings. The third kappa shape index (κ3) is 8.08. The van der Waals surface area contributed by atoms with Crippen LogP contribution in [0, 0.1) is 5.92 Å². The van der Waals surface area contributed by atoms with Crippen LogP contribution in [0.25, 0.3) is 0 Å². The molecule has 3 nitrogen and oxygen atoms in total. The molecule has 0 amide bonds. The molecule has 0 aliphatic heterocycles. The normalized spacial score (nSPS) is 20.4. The largest absolute Gasteiger partial charge is 0.394 e. The third-order valence-electron chi connectivity index (χ3n) is 2.91. The number of aliphatic hydroxyl groups excluding tert-OH is 2. The minimum atomic E-state index is -0.560. The maximum atomic E-state index is 8.11. The van der Waals surface area contributed by atoms with E-state index in [1.165, 1.54) is 32.6 Å². The first-order valence-corrected chi connectivity index (χ1v) is 6.41. The van der Waals surface area contributed by atoms with Crippen molar-refractivity contribution in [3.63, 3.8) is 0 Å². The van der Waals surface area contributed by atoms with E-state index in [-0.39, 0.29) is 6.61 Å². The Hall–Kier alpha value is -0.120. The first-order valence-electron chi connectivity index (χ1n) is 6.41. The SMILES string of the molecule is CC(C)C(C)OC1CCCC1.CC(O)CO. The first kappa shape index (κ1) is 15.9. The summed E-state index contributed by atoms with van der Waals surface area (Å²) in [6, 6.07) is 0. The molecule has 0 spiro atoms. The molecule has 0 saturated heterocycles. The Bertz CT molecular complexity index is 151. The molecule has 2 N–H and O–H groups in total. The average molecular weight is 232 g/mol. The van der Waals surface area contributed by atoms with E-state index in [1.54, 1.807) is 0 Å². The maximum absolute atomic E-state index is 8.11. The third-order valence-corrected chi connectivity index (χ3v) is 2.91. The van der Waals surface area contributed by atoms with Crippen LogP contribution in [0.1, 0.15) is 53.4 Å². The van der Waals surface area contributed by atoms with Gasteiger partial charge in [-0.15, -0.1) is 0 Å². The van der Waals surface area contributed by atoms with Crippen molar-refractivity contribution in [2.75, 3.05) is 6.61 Å². The zero-order chi connectivity index (χ0) is 12.6. The Morgan fingerprint density at radius 1 is 1.12 bits per heavy atom. The summed E-state index contributed by atoms with van der Waals surface area (Å²) >= 11 is 0. The van der Waals surface area contributed by atoms with Gasteiger partial charge in [0.15, 0.2) is 0 Å². The lowest BCUT2D eigenvalue weighted by atomic mass is 10.1. The van der Waals surface area contributed by atoms with E-state index in [4.69, 9.17) is 14.9 Å². The van der Waals surface area contributed by atoms with Gasteiger partial charge < -0.3 is 14.9 Å². The highest BCUT2D eigenvalue weighted by Gasteiger charge is 2.19. The van der Waals surface area contributed by atoms with Gasteiger partial charge in [-0.25, -0.2) is 0 Å². The number of ether oxygens (including phenoxy) is 1. The molecule has 2 atom stereocenters. The Morgan fingerprint density at radius 3 is 1.88 bits per heavy atom. The highest BCUT2D eigenvalue weighted by molar-refractivity contribution is 4.69. The first-order chi connectivity index (χ1) is 7.47. The van der Waals surface area contributed by atoms with Gasteiger partial charge in [-0.05, 0) is 32.6 Å². The Morgan fingerprint density at radius 2 is 1.56 bits per heavy atom. The topological polar surface area (TPSA) is 49.7 Å². The number of aliphatic hydroxyl groups is 2. The fourth-order valence-electron chi connectivity index (χ4n) is 1.49.